The number of hydrogen-bond acceptors (Lipinski definition) is 4. The number of Topliss-reactive ketones (excluding diaryl/α,β-unsaturated/α-hetero) is 1. The minimum Gasteiger partial charge on any atom is -0.497 e. The van der Waals surface area contributed by atoms with Crippen molar-refractivity contribution in [1.29, 1.82) is 0 Å². The van der Waals surface area contributed by atoms with Crippen LogP contribution in [0.1, 0.15) is 34.5 Å². The fourth-order valence-corrected chi connectivity index (χ4v) is 4.35. The van der Waals surface area contributed by atoms with Crippen molar-refractivity contribution in [2.75, 3.05) is 27.3 Å². The van der Waals surface area contributed by atoms with Crippen molar-refractivity contribution in [3.8, 4) is 11.5 Å². The van der Waals surface area contributed by atoms with E-state index in [9.17, 15) is 4.79 Å². The Morgan fingerprint density at radius 1 is 1.17 bits per heavy atom. The number of aromatic amines is 1. The second-order valence-corrected chi connectivity index (χ2v) is 7.78. The standard InChI is InChI=1S/C24H28N2O3/c1-16-20-13-18(28-2)10-11-21(20)25-22(16)15-26-12-6-7-17(14-26)24(27)19-8-4-5-9-23(19)29-3/h4-5,8-11,13,17,25H,6-7,12,14-15H2,1-3H3. The van der Waals surface area contributed by atoms with Crippen LogP contribution in [-0.2, 0) is 6.54 Å². The van der Waals surface area contributed by atoms with Crippen LogP contribution in [0.4, 0.5) is 0 Å². The van der Waals surface area contributed by atoms with E-state index in [0.717, 1.165) is 43.7 Å². The first kappa shape index (κ1) is 19.5. The van der Waals surface area contributed by atoms with Crippen LogP contribution in [0.15, 0.2) is 42.5 Å². The number of rotatable bonds is 6. The molecule has 4 rings (SSSR count). The highest BCUT2D eigenvalue weighted by Gasteiger charge is 2.28. The maximum atomic E-state index is 13.1. The average molecular weight is 392 g/mol. The molecule has 2 heterocycles. The van der Waals surface area contributed by atoms with Crippen LogP contribution in [-0.4, -0.2) is 43.0 Å². The van der Waals surface area contributed by atoms with Gasteiger partial charge in [-0.1, -0.05) is 12.1 Å². The molecule has 1 aliphatic rings. The number of methoxy groups -OCH3 is 2. The third kappa shape index (κ3) is 3.87. The Kier molecular flexibility index (Phi) is 5.58. The highest BCUT2D eigenvalue weighted by Crippen LogP contribution is 2.29. The Morgan fingerprint density at radius 2 is 2.00 bits per heavy atom. The van der Waals surface area contributed by atoms with E-state index < -0.39 is 0 Å². The Bertz CT molecular complexity index is 1020. The molecule has 0 saturated carbocycles. The number of para-hydroxylation sites is 1. The van der Waals surface area contributed by atoms with Crippen LogP contribution in [0.3, 0.4) is 0 Å². The van der Waals surface area contributed by atoms with Crippen LogP contribution in [0.25, 0.3) is 10.9 Å². The van der Waals surface area contributed by atoms with Gasteiger partial charge in [-0.25, -0.2) is 0 Å². The summed E-state index contributed by atoms with van der Waals surface area (Å²) in [5.74, 6) is 1.72. The minimum absolute atomic E-state index is 0.00447. The van der Waals surface area contributed by atoms with Gasteiger partial charge in [0, 0.05) is 35.6 Å². The molecule has 0 amide bonds. The summed E-state index contributed by atoms with van der Waals surface area (Å²) in [6.07, 6.45) is 1.95. The summed E-state index contributed by atoms with van der Waals surface area (Å²) in [6, 6.07) is 13.6. The number of aryl methyl sites for hydroxylation is 1. The summed E-state index contributed by atoms with van der Waals surface area (Å²) in [6.45, 7) is 4.75. The van der Waals surface area contributed by atoms with Gasteiger partial charge in [-0.15, -0.1) is 0 Å². The zero-order valence-electron chi connectivity index (χ0n) is 17.3. The second-order valence-electron chi connectivity index (χ2n) is 7.78. The van der Waals surface area contributed by atoms with Crippen molar-refractivity contribution >= 4 is 16.7 Å². The van der Waals surface area contributed by atoms with Gasteiger partial charge in [-0.3, -0.25) is 9.69 Å². The largest absolute Gasteiger partial charge is 0.497 e. The quantitative estimate of drug-likeness (QED) is 0.624. The van der Waals surface area contributed by atoms with Crippen molar-refractivity contribution < 1.29 is 14.3 Å². The fraction of sp³-hybridized carbons (Fsp3) is 0.375. The topological polar surface area (TPSA) is 54.6 Å². The zero-order valence-corrected chi connectivity index (χ0v) is 17.3. The normalized spacial score (nSPS) is 17.4. The maximum Gasteiger partial charge on any atom is 0.170 e. The number of carbonyl (C=O) groups excluding carboxylic acids is 1. The van der Waals surface area contributed by atoms with Crippen LogP contribution in [0, 0.1) is 12.8 Å². The molecule has 1 fully saturated rings. The first-order chi connectivity index (χ1) is 14.1. The fourth-order valence-electron chi connectivity index (χ4n) is 4.35. The van der Waals surface area contributed by atoms with E-state index in [1.807, 2.05) is 30.3 Å². The van der Waals surface area contributed by atoms with Crippen molar-refractivity contribution in [2.45, 2.75) is 26.3 Å². The molecule has 29 heavy (non-hydrogen) atoms. The van der Waals surface area contributed by atoms with Gasteiger partial charge in [-0.2, -0.15) is 0 Å². The third-order valence-electron chi connectivity index (χ3n) is 6.00. The lowest BCUT2D eigenvalue weighted by Gasteiger charge is -2.32. The van der Waals surface area contributed by atoms with Crippen LogP contribution < -0.4 is 9.47 Å². The van der Waals surface area contributed by atoms with Crippen molar-refractivity contribution in [3.63, 3.8) is 0 Å². The van der Waals surface area contributed by atoms with Gasteiger partial charge in [0.25, 0.3) is 0 Å². The molecule has 1 saturated heterocycles. The molecule has 1 aliphatic heterocycles. The van der Waals surface area contributed by atoms with E-state index in [1.54, 1.807) is 14.2 Å². The van der Waals surface area contributed by atoms with E-state index in [-0.39, 0.29) is 11.7 Å². The molecule has 0 radical (unpaired) electrons. The number of ether oxygens (including phenoxy) is 2. The average Bonchev–Trinajstić information content (AvgIpc) is 3.08. The number of nitrogens with one attached hydrogen (secondary N) is 1. The van der Waals surface area contributed by atoms with E-state index >= 15 is 0 Å². The summed E-state index contributed by atoms with van der Waals surface area (Å²) >= 11 is 0. The Labute approximate surface area is 171 Å². The van der Waals surface area contributed by atoms with Gasteiger partial charge >= 0.3 is 0 Å². The molecule has 1 aromatic heterocycles. The molecule has 152 valence electrons. The number of aromatic nitrogens is 1. The molecular weight excluding hydrogens is 364 g/mol. The van der Waals surface area contributed by atoms with Gasteiger partial charge in [0.15, 0.2) is 5.78 Å². The Balaban J connectivity index is 1.51. The van der Waals surface area contributed by atoms with Crippen LogP contribution in [0.5, 0.6) is 11.5 Å². The number of likely N-dealkylation sites (tertiary alicyclic amines) is 1. The van der Waals surface area contributed by atoms with E-state index in [1.165, 1.54) is 16.6 Å². The molecular formula is C24H28N2O3. The summed E-state index contributed by atoms with van der Waals surface area (Å²) in [4.78, 5) is 19.1. The van der Waals surface area contributed by atoms with E-state index in [0.29, 0.717) is 11.3 Å². The van der Waals surface area contributed by atoms with Gasteiger partial charge in [0.2, 0.25) is 0 Å². The predicted molar refractivity (Wildman–Crippen MR) is 115 cm³/mol. The summed E-state index contributed by atoms with van der Waals surface area (Å²) < 4.78 is 10.8. The number of ketones is 1. The first-order valence-electron chi connectivity index (χ1n) is 10.2. The molecule has 1 unspecified atom stereocenters. The molecule has 0 bridgehead atoms. The van der Waals surface area contributed by atoms with Crippen LogP contribution >= 0.6 is 0 Å². The van der Waals surface area contributed by atoms with Gasteiger partial charge < -0.3 is 14.5 Å². The molecule has 0 aliphatic carbocycles. The van der Waals surface area contributed by atoms with Gasteiger partial charge in [0.05, 0.1) is 19.8 Å². The lowest BCUT2D eigenvalue weighted by atomic mass is 9.89. The highest BCUT2D eigenvalue weighted by atomic mass is 16.5. The van der Waals surface area contributed by atoms with Gasteiger partial charge in [-0.05, 0) is 62.2 Å². The molecule has 1 N–H and O–H groups in total. The van der Waals surface area contributed by atoms with Crippen molar-refractivity contribution in [3.05, 3.63) is 59.3 Å². The maximum absolute atomic E-state index is 13.1. The summed E-state index contributed by atoms with van der Waals surface area (Å²) in [7, 11) is 3.31. The molecule has 0 spiro atoms. The number of nitrogens with zero attached hydrogens (tertiary/aromatic N) is 1. The molecule has 5 nitrogen and oxygen atoms in total. The minimum atomic E-state index is 0.00447. The summed E-state index contributed by atoms with van der Waals surface area (Å²) in [5, 5.41) is 1.19. The zero-order chi connectivity index (χ0) is 20.4. The molecule has 5 heteroatoms. The Hall–Kier alpha value is -2.79. The first-order valence-corrected chi connectivity index (χ1v) is 10.2. The number of fused-ring (bicyclic) bond motifs is 1. The van der Waals surface area contributed by atoms with Crippen LogP contribution in [0.2, 0.25) is 0 Å². The van der Waals surface area contributed by atoms with E-state index in [4.69, 9.17) is 9.47 Å². The monoisotopic (exact) mass is 392 g/mol. The predicted octanol–water partition coefficient (Wildman–Crippen LogP) is 4.59. The number of piperidine rings is 1. The lowest BCUT2D eigenvalue weighted by Crippen LogP contribution is -2.38. The number of benzene rings is 2. The highest BCUT2D eigenvalue weighted by molar-refractivity contribution is 6.00. The third-order valence-corrected chi connectivity index (χ3v) is 6.00. The SMILES string of the molecule is COc1ccc2[nH]c(CN3CCCC(C(=O)c4ccccc4OC)C3)c(C)c2c1. The number of hydrogen-bond donors (Lipinski definition) is 1. The smallest absolute Gasteiger partial charge is 0.170 e. The number of H-pyrrole nitrogens is 1. The molecule has 1 atom stereocenters. The molecule has 2 aromatic carbocycles. The Morgan fingerprint density at radius 3 is 2.79 bits per heavy atom. The second kappa shape index (κ2) is 8.29. The van der Waals surface area contributed by atoms with E-state index in [2.05, 4.69) is 28.9 Å². The summed E-state index contributed by atoms with van der Waals surface area (Å²) in [5.41, 5.74) is 4.27. The number of carbonyl (C=O) groups is 1. The lowest BCUT2D eigenvalue weighted by molar-refractivity contribution is 0.0807. The molecule has 3 aromatic rings. The van der Waals surface area contributed by atoms with Gasteiger partial charge in [0.1, 0.15) is 11.5 Å². The van der Waals surface area contributed by atoms with Crippen molar-refractivity contribution in [2.24, 2.45) is 5.92 Å². The van der Waals surface area contributed by atoms with Crippen molar-refractivity contribution in [1.82, 2.24) is 9.88 Å².